The molecule has 0 unspecified atom stereocenters. The third-order valence-electron chi connectivity index (χ3n) is 4.78. The second-order valence-electron chi connectivity index (χ2n) is 6.55. The van der Waals surface area contributed by atoms with E-state index in [2.05, 4.69) is 75.3 Å². The Bertz CT molecular complexity index is 1150. The number of hydrogen-bond donors (Lipinski definition) is 0. The summed E-state index contributed by atoms with van der Waals surface area (Å²) in [4.78, 5) is 10.6. The van der Waals surface area contributed by atoms with Crippen molar-refractivity contribution in [3.05, 3.63) is 58.8 Å². The molecule has 0 aliphatic rings. The summed E-state index contributed by atoms with van der Waals surface area (Å²) >= 11 is 0. The maximum absolute atomic E-state index is 4.62. The summed E-state index contributed by atoms with van der Waals surface area (Å²) in [7, 11) is 2.09. The molecule has 0 N–H and O–H groups in total. The maximum atomic E-state index is 4.62. The number of aromatic nitrogens is 6. The lowest BCUT2D eigenvalue weighted by Gasteiger charge is -2.17. The van der Waals surface area contributed by atoms with Crippen molar-refractivity contribution in [1.82, 2.24) is 29.8 Å². The zero-order valence-electron chi connectivity index (χ0n) is 15.9. The van der Waals surface area contributed by atoms with Crippen LogP contribution in [0.15, 0.2) is 36.8 Å². The zero-order valence-corrected chi connectivity index (χ0v) is 15.9. The molecule has 3 aromatic heterocycles. The number of nitrogens with zero attached hydrogens (tertiary/aromatic N) is 7. The van der Waals surface area contributed by atoms with Crippen LogP contribution in [0, 0.1) is 13.8 Å². The van der Waals surface area contributed by atoms with E-state index in [4.69, 9.17) is 0 Å². The molecule has 0 saturated heterocycles. The third kappa shape index (κ3) is 3.01. The highest BCUT2D eigenvalue weighted by Crippen LogP contribution is 2.19. The van der Waals surface area contributed by atoms with Crippen LogP contribution in [0.25, 0.3) is 23.2 Å². The average Bonchev–Trinajstić information content (AvgIpc) is 3.22. The van der Waals surface area contributed by atoms with Crippen LogP contribution < -0.4 is 10.1 Å². The van der Waals surface area contributed by atoms with Gasteiger partial charge in [-0.05, 0) is 50.1 Å². The van der Waals surface area contributed by atoms with Gasteiger partial charge in [0.15, 0.2) is 5.65 Å². The van der Waals surface area contributed by atoms with Gasteiger partial charge in [0.2, 0.25) is 5.82 Å². The first-order valence-electron chi connectivity index (χ1n) is 8.90. The van der Waals surface area contributed by atoms with E-state index in [1.807, 2.05) is 6.92 Å². The van der Waals surface area contributed by atoms with Gasteiger partial charge in [0, 0.05) is 36.9 Å². The first kappa shape index (κ1) is 17.1. The normalized spacial score (nSPS) is 12.1. The van der Waals surface area contributed by atoms with Gasteiger partial charge in [0.05, 0.1) is 11.9 Å². The Labute approximate surface area is 157 Å². The molecule has 4 rings (SSSR count). The van der Waals surface area contributed by atoms with Gasteiger partial charge in [-0.1, -0.05) is 6.07 Å². The Balaban J connectivity index is 1.83. The van der Waals surface area contributed by atoms with Gasteiger partial charge in [-0.3, -0.25) is 4.98 Å². The highest BCUT2D eigenvalue weighted by Gasteiger charge is 2.15. The summed E-state index contributed by atoms with van der Waals surface area (Å²) in [6.07, 6.45) is 7.05. The quantitative estimate of drug-likeness (QED) is 0.556. The van der Waals surface area contributed by atoms with Crippen LogP contribution in [0.4, 0.5) is 5.69 Å². The number of benzene rings is 1. The van der Waals surface area contributed by atoms with Crippen molar-refractivity contribution in [2.24, 2.45) is 0 Å². The molecule has 0 amide bonds. The smallest absolute Gasteiger partial charge is 0.205 e. The van der Waals surface area contributed by atoms with Crippen LogP contribution in [-0.4, -0.2) is 43.4 Å². The molecule has 1 aromatic carbocycles. The molecular formula is C20H21N7. The largest absolute Gasteiger partial charge is 0.375 e. The van der Waals surface area contributed by atoms with E-state index in [1.54, 1.807) is 23.1 Å². The topological polar surface area (TPSA) is 72.1 Å². The van der Waals surface area contributed by atoms with Crippen molar-refractivity contribution < 1.29 is 0 Å². The second-order valence-corrected chi connectivity index (χ2v) is 6.55. The van der Waals surface area contributed by atoms with Crippen LogP contribution in [0.2, 0.25) is 0 Å². The molecule has 0 saturated carbocycles. The summed E-state index contributed by atoms with van der Waals surface area (Å²) < 4.78 is 1.74. The van der Waals surface area contributed by atoms with E-state index < -0.39 is 0 Å². The Hall–Kier alpha value is -3.35. The number of hydrogen-bond acceptors (Lipinski definition) is 6. The highest BCUT2D eigenvalue weighted by atomic mass is 15.4. The molecule has 0 bridgehead atoms. The van der Waals surface area contributed by atoms with E-state index in [-0.39, 0.29) is 0 Å². The minimum Gasteiger partial charge on any atom is -0.375 e. The molecule has 3 heterocycles. The lowest BCUT2D eigenvalue weighted by molar-refractivity contribution is 0.928. The van der Waals surface area contributed by atoms with Crippen LogP contribution in [0.5, 0.6) is 0 Å². The van der Waals surface area contributed by atoms with E-state index in [0.717, 1.165) is 28.7 Å². The number of aryl methyl sites for hydroxylation is 2. The van der Waals surface area contributed by atoms with E-state index in [0.29, 0.717) is 11.5 Å². The third-order valence-corrected chi connectivity index (χ3v) is 4.78. The van der Waals surface area contributed by atoms with E-state index >= 15 is 0 Å². The van der Waals surface area contributed by atoms with E-state index in [1.165, 1.54) is 11.3 Å². The number of anilines is 1. The predicted molar refractivity (Wildman–Crippen MR) is 105 cm³/mol. The van der Waals surface area contributed by atoms with E-state index in [9.17, 15) is 0 Å². The van der Waals surface area contributed by atoms with Crippen LogP contribution in [0.3, 0.4) is 0 Å². The molecule has 0 aliphatic carbocycles. The Kier molecular flexibility index (Phi) is 4.27. The van der Waals surface area contributed by atoms with Crippen LogP contribution >= 0.6 is 0 Å². The van der Waals surface area contributed by atoms with Gasteiger partial charge in [0.1, 0.15) is 5.69 Å². The SMILES string of the molecule is CCN(C)c1ccc(/C=c2\c(C)nn3c(-c4cnccn4)nnc23)c(C)c1. The lowest BCUT2D eigenvalue weighted by atomic mass is 10.1. The summed E-state index contributed by atoms with van der Waals surface area (Å²) in [5.74, 6) is 0.595. The van der Waals surface area contributed by atoms with Crippen molar-refractivity contribution in [1.29, 1.82) is 0 Å². The standard InChI is InChI=1S/C20H21N7/c1-5-26(4)16-7-6-15(13(2)10-16)11-17-14(3)25-27-19(17)23-24-20(27)18-12-21-8-9-22-18/h6-12H,5H2,1-4H3/b17-11+. The fraction of sp³-hybridized carbons (Fsp3) is 0.250. The molecule has 0 atom stereocenters. The van der Waals surface area contributed by atoms with Gasteiger partial charge in [-0.2, -0.15) is 9.61 Å². The molecule has 0 fully saturated rings. The van der Waals surface area contributed by atoms with Gasteiger partial charge in [-0.25, -0.2) is 4.98 Å². The van der Waals surface area contributed by atoms with Crippen molar-refractivity contribution >= 4 is 17.4 Å². The van der Waals surface area contributed by atoms with Gasteiger partial charge < -0.3 is 4.90 Å². The van der Waals surface area contributed by atoms with Crippen LogP contribution in [-0.2, 0) is 0 Å². The van der Waals surface area contributed by atoms with Crippen molar-refractivity contribution in [3.63, 3.8) is 0 Å². The van der Waals surface area contributed by atoms with Crippen molar-refractivity contribution in [2.45, 2.75) is 20.8 Å². The Morgan fingerprint density at radius 3 is 2.70 bits per heavy atom. The molecule has 7 heteroatoms. The number of rotatable bonds is 4. The monoisotopic (exact) mass is 359 g/mol. The fourth-order valence-corrected chi connectivity index (χ4v) is 3.05. The summed E-state index contributed by atoms with van der Waals surface area (Å²) in [5, 5.41) is 14.2. The average molecular weight is 359 g/mol. The molecule has 0 radical (unpaired) electrons. The van der Waals surface area contributed by atoms with Crippen molar-refractivity contribution in [2.75, 3.05) is 18.5 Å². The predicted octanol–water partition coefficient (Wildman–Crippen LogP) is 2.20. The molecule has 7 nitrogen and oxygen atoms in total. The molecule has 136 valence electrons. The Morgan fingerprint density at radius 2 is 2.00 bits per heavy atom. The highest BCUT2D eigenvalue weighted by molar-refractivity contribution is 5.65. The molecular weight excluding hydrogens is 338 g/mol. The summed E-state index contributed by atoms with van der Waals surface area (Å²) in [6, 6.07) is 6.48. The molecule has 0 spiro atoms. The minimum atomic E-state index is 0.595. The van der Waals surface area contributed by atoms with Gasteiger partial charge in [0.25, 0.3) is 0 Å². The first-order valence-corrected chi connectivity index (χ1v) is 8.90. The number of fused-ring (bicyclic) bond motifs is 1. The van der Waals surface area contributed by atoms with Crippen molar-refractivity contribution in [3.8, 4) is 11.5 Å². The second kappa shape index (κ2) is 6.75. The lowest BCUT2D eigenvalue weighted by Crippen LogP contribution is -2.15. The molecule has 0 aliphatic heterocycles. The van der Waals surface area contributed by atoms with Gasteiger partial charge in [-0.15, -0.1) is 10.2 Å². The zero-order chi connectivity index (χ0) is 19.0. The fourth-order valence-electron chi connectivity index (χ4n) is 3.05. The maximum Gasteiger partial charge on any atom is 0.205 e. The summed E-state index contributed by atoms with van der Waals surface area (Å²) in [6.45, 7) is 7.22. The summed E-state index contributed by atoms with van der Waals surface area (Å²) in [5.41, 5.74) is 5.84. The minimum absolute atomic E-state index is 0.595. The first-order chi connectivity index (χ1) is 13.1. The molecule has 4 aromatic rings. The van der Waals surface area contributed by atoms with Gasteiger partial charge >= 0.3 is 0 Å². The Morgan fingerprint density at radius 1 is 1.15 bits per heavy atom. The van der Waals surface area contributed by atoms with Crippen LogP contribution in [0.1, 0.15) is 23.7 Å². The molecule has 27 heavy (non-hydrogen) atoms.